The molecule has 0 radical (unpaired) electrons. The van der Waals surface area contributed by atoms with E-state index in [9.17, 15) is 14.7 Å². The third-order valence-electron chi connectivity index (χ3n) is 8.81. The first-order chi connectivity index (χ1) is 20.6. The van der Waals surface area contributed by atoms with E-state index in [0.717, 1.165) is 25.7 Å². The molecule has 1 atom stereocenters. The van der Waals surface area contributed by atoms with E-state index in [0.29, 0.717) is 12.8 Å². The second-order valence-electron chi connectivity index (χ2n) is 13.1. The molecule has 0 aromatic rings. The number of carbonyl (C=O) groups is 2. The highest BCUT2D eigenvalue weighted by Crippen LogP contribution is 2.17. The Labute approximate surface area is 262 Å². The van der Waals surface area contributed by atoms with Gasteiger partial charge >= 0.3 is 11.9 Å². The summed E-state index contributed by atoms with van der Waals surface area (Å²) in [6.07, 6.45) is 39.9. The van der Waals surface area contributed by atoms with Gasteiger partial charge in [0.2, 0.25) is 0 Å². The maximum Gasteiger partial charge on any atom is 0.307 e. The lowest BCUT2D eigenvalue weighted by Gasteiger charge is -2.16. The lowest BCUT2D eigenvalue weighted by molar-refractivity contribution is -0.153. The lowest BCUT2D eigenvalue weighted by atomic mass is 10.0. The van der Waals surface area contributed by atoms with Crippen LogP contribution >= 0.6 is 0 Å². The van der Waals surface area contributed by atoms with Gasteiger partial charge < -0.3 is 9.84 Å². The fourth-order valence-electron chi connectivity index (χ4n) is 6.03. The van der Waals surface area contributed by atoms with Crippen LogP contribution in [0.4, 0.5) is 0 Å². The third kappa shape index (κ3) is 33.4. The molecule has 1 unspecified atom stereocenters. The van der Waals surface area contributed by atoms with Crippen LogP contribution in [0.25, 0.3) is 0 Å². The molecular weight excluding hydrogens is 520 g/mol. The van der Waals surface area contributed by atoms with Crippen molar-refractivity contribution in [2.24, 2.45) is 0 Å². The predicted molar refractivity (Wildman–Crippen MR) is 181 cm³/mol. The van der Waals surface area contributed by atoms with Gasteiger partial charge in [-0.15, -0.1) is 0 Å². The minimum Gasteiger partial charge on any atom is -0.481 e. The monoisotopic (exact) mass is 595 g/mol. The molecular formula is C38H74O4. The van der Waals surface area contributed by atoms with Crippen LogP contribution in [0.1, 0.15) is 226 Å². The van der Waals surface area contributed by atoms with Crippen molar-refractivity contribution in [2.75, 3.05) is 0 Å². The Kier molecular flexibility index (Phi) is 33.6. The van der Waals surface area contributed by atoms with E-state index in [1.54, 1.807) is 0 Å². The highest BCUT2D eigenvalue weighted by atomic mass is 16.5. The molecule has 0 aliphatic heterocycles. The molecule has 0 aromatic carbocycles. The minimum absolute atomic E-state index is 0.0668. The van der Waals surface area contributed by atoms with E-state index in [2.05, 4.69) is 13.8 Å². The van der Waals surface area contributed by atoms with Crippen LogP contribution in [0.5, 0.6) is 0 Å². The summed E-state index contributed by atoms with van der Waals surface area (Å²) in [5.41, 5.74) is 0. The van der Waals surface area contributed by atoms with E-state index in [1.165, 1.54) is 167 Å². The molecule has 0 saturated heterocycles. The van der Waals surface area contributed by atoms with E-state index >= 15 is 0 Å². The van der Waals surface area contributed by atoms with Crippen LogP contribution in [-0.2, 0) is 14.3 Å². The Morgan fingerprint density at radius 2 is 0.738 bits per heavy atom. The number of carbonyl (C=O) groups excluding carboxylic acids is 1. The maximum atomic E-state index is 12.3. The first-order valence-corrected chi connectivity index (χ1v) is 19.0. The number of hydrogen-bond donors (Lipinski definition) is 1. The van der Waals surface area contributed by atoms with Crippen molar-refractivity contribution < 1.29 is 19.4 Å². The standard InChI is InChI=1S/C38H74O4/c1-3-5-7-9-11-13-15-16-17-18-19-20-21-22-24-26-28-30-32-34-38(41)42-36(35-37(39)40)33-31-29-27-25-23-14-12-10-8-6-4-2/h36H,3-35H2,1-2H3,(H,39,40). The van der Waals surface area contributed by atoms with E-state index in [1.807, 2.05) is 0 Å². The van der Waals surface area contributed by atoms with Crippen LogP contribution in [0.15, 0.2) is 0 Å². The Bertz CT molecular complexity index is 561. The number of carboxylic acids is 1. The van der Waals surface area contributed by atoms with Crippen molar-refractivity contribution in [3.05, 3.63) is 0 Å². The summed E-state index contributed by atoms with van der Waals surface area (Å²) < 4.78 is 5.57. The molecule has 4 nitrogen and oxygen atoms in total. The Balaban J connectivity index is 3.55. The summed E-state index contributed by atoms with van der Waals surface area (Å²) in [5.74, 6) is -1.09. The van der Waals surface area contributed by atoms with Crippen LogP contribution in [0, 0.1) is 0 Å². The molecule has 0 aromatic heterocycles. The molecule has 0 spiro atoms. The molecule has 0 amide bonds. The van der Waals surface area contributed by atoms with Crippen LogP contribution in [-0.4, -0.2) is 23.1 Å². The number of rotatable bonds is 35. The molecule has 0 aliphatic rings. The molecule has 0 bridgehead atoms. The van der Waals surface area contributed by atoms with E-state index in [4.69, 9.17) is 4.74 Å². The lowest BCUT2D eigenvalue weighted by Crippen LogP contribution is -2.21. The van der Waals surface area contributed by atoms with Crippen LogP contribution in [0.2, 0.25) is 0 Å². The van der Waals surface area contributed by atoms with Crippen LogP contribution < -0.4 is 0 Å². The number of hydrogen-bond acceptors (Lipinski definition) is 3. The first kappa shape index (κ1) is 40.9. The fraction of sp³-hybridized carbons (Fsp3) is 0.947. The summed E-state index contributed by atoms with van der Waals surface area (Å²) in [5, 5.41) is 9.23. The van der Waals surface area contributed by atoms with Crippen molar-refractivity contribution in [2.45, 2.75) is 232 Å². The highest BCUT2D eigenvalue weighted by molar-refractivity contribution is 5.71. The van der Waals surface area contributed by atoms with Crippen molar-refractivity contribution in [1.82, 2.24) is 0 Å². The Morgan fingerprint density at radius 3 is 1.05 bits per heavy atom. The number of aliphatic carboxylic acids is 1. The van der Waals surface area contributed by atoms with E-state index in [-0.39, 0.29) is 12.4 Å². The van der Waals surface area contributed by atoms with Gasteiger partial charge in [-0.25, -0.2) is 0 Å². The van der Waals surface area contributed by atoms with Gasteiger partial charge in [0, 0.05) is 6.42 Å². The first-order valence-electron chi connectivity index (χ1n) is 19.0. The van der Waals surface area contributed by atoms with Crippen LogP contribution in [0.3, 0.4) is 0 Å². The van der Waals surface area contributed by atoms with Gasteiger partial charge in [0.1, 0.15) is 6.10 Å². The van der Waals surface area contributed by atoms with Gasteiger partial charge in [0.15, 0.2) is 0 Å². The fourth-order valence-corrected chi connectivity index (χ4v) is 6.03. The number of ether oxygens (including phenoxy) is 1. The Hall–Kier alpha value is -1.06. The molecule has 4 heteroatoms. The molecule has 0 heterocycles. The van der Waals surface area contributed by atoms with Crippen molar-refractivity contribution in [1.29, 1.82) is 0 Å². The number of unbranched alkanes of at least 4 members (excludes halogenated alkanes) is 28. The zero-order valence-corrected chi connectivity index (χ0v) is 28.6. The van der Waals surface area contributed by atoms with Gasteiger partial charge in [0.25, 0.3) is 0 Å². The molecule has 0 rings (SSSR count). The molecule has 0 fully saturated rings. The minimum atomic E-state index is -0.876. The van der Waals surface area contributed by atoms with Gasteiger partial charge in [-0.1, -0.05) is 194 Å². The van der Waals surface area contributed by atoms with E-state index < -0.39 is 12.1 Å². The van der Waals surface area contributed by atoms with Gasteiger partial charge in [-0.2, -0.15) is 0 Å². The quantitative estimate of drug-likeness (QED) is 0.0585. The average molecular weight is 595 g/mol. The highest BCUT2D eigenvalue weighted by Gasteiger charge is 2.17. The Morgan fingerprint density at radius 1 is 0.452 bits per heavy atom. The molecule has 42 heavy (non-hydrogen) atoms. The zero-order valence-electron chi connectivity index (χ0n) is 28.6. The number of carboxylic acid groups (broad SMARTS) is 1. The summed E-state index contributed by atoms with van der Waals surface area (Å²) >= 11 is 0. The van der Waals surface area contributed by atoms with Crippen molar-refractivity contribution in [3.63, 3.8) is 0 Å². The largest absolute Gasteiger partial charge is 0.481 e. The maximum absolute atomic E-state index is 12.3. The van der Waals surface area contributed by atoms with Gasteiger partial charge in [-0.05, 0) is 19.3 Å². The van der Waals surface area contributed by atoms with Gasteiger partial charge in [-0.3, -0.25) is 9.59 Å². The summed E-state index contributed by atoms with van der Waals surface area (Å²) in [6.45, 7) is 4.54. The molecule has 0 saturated carbocycles. The number of esters is 1. The van der Waals surface area contributed by atoms with Gasteiger partial charge in [0.05, 0.1) is 6.42 Å². The SMILES string of the molecule is CCCCCCCCCCCCCCCCCCCCCC(=O)OC(CCCCCCCCCCCCC)CC(=O)O. The normalized spacial score (nSPS) is 12.0. The molecule has 0 aliphatic carbocycles. The molecule has 1 N–H and O–H groups in total. The van der Waals surface area contributed by atoms with Crippen molar-refractivity contribution >= 4 is 11.9 Å². The average Bonchev–Trinajstić information content (AvgIpc) is 2.96. The molecule has 250 valence electrons. The summed E-state index contributed by atoms with van der Waals surface area (Å²) in [7, 11) is 0. The topological polar surface area (TPSA) is 63.6 Å². The second kappa shape index (κ2) is 34.4. The van der Waals surface area contributed by atoms with Crippen molar-refractivity contribution in [3.8, 4) is 0 Å². The third-order valence-corrected chi connectivity index (χ3v) is 8.81. The smallest absolute Gasteiger partial charge is 0.307 e. The second-order valence-corrected chi connectivity index (χ2v) is 13.1. The summed E-state index contributed by atoms with van der Waals surface area (Å²) in [4.78, 5) is 23.5. The zero-order chi connectivity index (χ0) is 30.8. The predicted octanol–water partition coefficient (Wildman–Crippen LogP) is 12.9. The summed E-state index contributed by atoms with van der Waals surface area (Å²) in [6, 6.07) is 0.